The summed E-state index contributed by atoms with van der Waals surface area (Å²) in [5, 5.41) is 25.5. The van der Waals surface area contributed by atoms with Crippen molar-refractivity contribution in [3.05, 3.63) is 63.2 Å². The minimum absolute atomic E-state index is 0.00436. The van der Waals surface area contributed by atoms with Crippen LogP contribution in [-0.4, -0.2) is 36.8 Å². The second-order valence-corrected chi connectivity index (χ2v) is 6.82. The summed E-state index contributed by atoms with van der Waals surface area (Å²) in [6.07, 6.45) is 0. The maximum absolute atomic E-state index is 12.2. The Morgan fingerprint density at radius 3 is 2.89 bits per heavy atom. The molecule has 1 amide bonds. The summed E-state index contributed by atoms with van der Waals surface area (Å²) in [6, 6.07) is 11.7. The van der Waals surface area contributed by atoms with Crippen LogP contribution in [0, 0.1) is 17.0 Å². The smallest absolute Gasteiger partial charge is 0.289 e. The second kappa shape index (κ2) is 8.14. The van der Waals surface area contributed by atoms with E-state index >= 15 is 0 Å². The largest absolute Gasteiger partial charge is 0.325 e. The molecule has 0 aliphatic heterocycles. The number of nitro groups is 1. The van der Waals surface area contributed by atoms with Gasteiger partial charge < -0.3 is 5.32 Å². The first-order chi connectivity index (χ1) is 12.9. The lowest BCUT2D eigenvalue weighted by atomic mass is 10.2. The summed E-state index contributed by atoms with van der Waals surface area (Å²) in [4.78, 5) is 22.5. The van der Waals surface area contributed by atoms with Crippen LogP contribution in [0.3, 0.4) is 0 Å². The van der Waals surface area contributed by atoms with Gasteiger partial charge in [-0.3, -0.25) is 14.9 Å². The summed E-state index contributed by atoms with van der Waals surface area (Å²) in [7, 11) is 0. The normalized spacial score (nSPS) is 10.6. The molecule has 11 heteroatoms. The molecule has 9 nitrogen and oxygen atoms in total. The lowest BCUT2D eigenvalue weighted by molar-refractivity contribution is -0.384. The van der Waals surface area contributed by atoms with E-state index in [4.69, 9.17) is 11.6 Å². The van der Waals surface area contributed by atoms with Crippen molar-refractivity contribution in [1.82, 2.24) is 20.2 Å². The van der Waals surface area contributed by atoms with E-state index in [2.05, 4.69) is 20.8 Å². The summed E-state index contributed by atoms with van der Waals surface area (Å²) in [5.41, 5.74) is 1.86. The molecular weight excluding hydrogens is 392 g/mol. The monoisotopic (exact) mass is 404 g/mol. The summed E-state index contributed by atoms with van der Waals surface area (Å²) < 4.78 is 1.54. The molecule has 1 heterocycles. The molecule has 0 saturated heterocycles. The lowest BCUT2D eigenvalue weighted by Crippen LogP contribution is -2.14. The number of thioether (sulfide) groups is 1. The molecule has 0 saturated carbocycles. The fourth-order valence-electron chi connectivity index (χ4n) is 2.25. The van der Waals surface area contributed by atoms with Crippen LogP contribution in [0.5, 0.6) is 0 Å². The van der Waals surface area contributed by atoms with Crippen molar-refractivity contribution in [2.24, 2.45) is 0 Å². The molecule has 0 fully saturated rings. The number of nitrogens with zero attached hydrogens (tertiary/aromatic N) is 5. The number of nitrogens with one attached hydrogen (secondary N) is 1. The zero-order chi connectivity index (χ0) is 19.4. The van der Waals surface area contributed by atoms with Gasteiger partial charge in [-0.25, -0.2) is 0 Å². The number of halogens is 1. The van der Waals surface area contributed by atoms with Gasteiger partial charge in [-0.1, -0.05) is 35.5 Å². The summed E-state index contributed by atoms with van der Waals surface area (Å²) in [5.74, 6) is -0.321. The molecule has 0 aliphatic rings. The topological polar surface area (TPSA) is 116 Å². The highest BCUT2D eigenvalue weighted by Gasteiger charge is 2.15. The highest BCUT2D eigenvalue weighted by molar-refractivity contribution is 7.99. The average molecular weight is 405 g/mol. The van der Waals surface area contributed by atoms with Crippen LogP contribution < -0.4 is 5.32 Å². The number of carbonyl (C=O) groups excluding carboxylic acids is 1. The third kappa shape index (κ3) is 4.60. The van der Waals surface area contributed by atoms with Gasteiger partial charge in [0.15, 0.2) is 0 Å². The zero-order valence-electron chi connectivity index (χ0n) is 14.0. The third-order valence-corrected chi connectivity index (χ3v) is 4.69. The van der Waals surface area contributed by atoms with Gasteiger partial charge in [-0.15, -0.1) is 5.10 Å². The fraction of sp³-hybridized carbons (Fsp3) is 0.125. The van der Waals surface area contributed by atoms with Crippen LogP contribution in [0.1, 0.15) is 5.56 Å². The lowest BCUT2D eigenvalue weighted by Gasteiger charge is -2.06. The Bertz CT molecular complexity index is 1010. The predicted molar refractivity (Wildman–Crippen MR) is 101 cm³/mol. The molecule has 138 valence electrons. The van der Waals surface area contributed by atoms with E-state index in [1.54, 1.807) is 0 Å². The highest BCUT2D eigenvalue weighted by Crippen LogP contribution is 2.27. The minimum atomic E-state index is -0.608. The number of hydrogen-bond acceptors (Lipinski definition) is 7. The number of aryl methyl sites for hydroxylation is 1. The number of hydrogen-bond donors (Lipinski definition) is 1. The van der Waals surface area contributed by atoms with Crippen LogP contribution in [0.15, 0.2) is 47.6 Å². The van der Waals surface area contributed by atoms with Crippen LogP contribution in [-0.2, 0) is 4.79 Å². The van der Waals surface area contributed by atoms with E-state index in [0.717, 1.165) is 23.0 Å². The van der Waals surface area contributed by atoms with Crippen LogP contribution in [0.25, 0.3) is 5.69 Å². The van der Waals surface area contributed by atoms with Crippen molar-refractivity contribution in [2.45, 2.75) is 12.1 Å². The number of aromatic nitrogens is 4. The van der Waals surface area contributed by atoms with Crippen molar-refractivity contribution in [3.8, 4) is 5.69 Å². The molecule has 3 aromatic rings. The highest BCUT2D eigenvalue weighted by atomic mass is 35.5. The van der Waals surface area contributed by atoms with E-state index in [-0.39, 0.29) is 28.1 Å². The molecule has 1 N–H and O–H groups in total. The molecule has 1 aromatic heterocycles. The molecule has 0 spiro atoms. The standard InChI is InChI=1S/C16H13ClN6O3S/c1-10-3-2-4-12(7-10)22-16(19-20-21-22)27-9-15(24)18-11-5-6-13(17)14(8-11)23(25)26/h2-8H,9H2,1H3,(H,18,24). The third-order valence-electron chi connectivity index (χ3n) is 3.45. The molecule has 3 rings (SSSR count). The first-order valence-corrected chi connectivity index (χ1v) is 9.02. The Labute approximate surface area is 162 Å². The molecule has 27 heavy (non-hydrogen) atoms. The number of anilines is 1. The van der Waals surface area contributed by atoms with Gasteiger partial charge in [0.05, 0.1) is 16.4 Å². The number of amides is 1. The number of carbonyl (C=O) groups is 1. The number of benzene rings is 2. The van der Waals surface area contributed by atoms with Crippen LogP contribution >= 0.6 is 23.4 Å². The molecule has 2 aromatic carbocycles. The molecule has 0 bridgehead atoms. The number of nitro benzene ring substituents is 1. The van der Waals surface area contributed by atoms with E-state index in [9.17, 15) is 14.9 Å². The van der Waals surface area contributed by atoms with Gasteiger partial charge in [0.2, 0.25) is 11.1 Å². The van der Waals surface area contributed by atoms with Crippen molar-refractivity contribution in [1.29, 1.82) is 0 Å². The maximum Gasteiger partial charge on any atom is 0.289 e. The first-order valence-electron chi connectivity index (χ1n) is 7.66. The Morgan fingerprint density at radius 2 is 2.15 bits per heavy atom. The molecule has 0 atom stereocenters. The molecule has 0 aliphatic carbocycles. The van der Waals surface area contributed by atoms with E-state index in [1.165, 1.54) is 22.9 Å². The number of rotatable bonds is 6. The summed E-state index contributed by atoms with van der Waals surface area (Å²) in [6.45, 7) is 1.96. The van der Waals surface area contributed by atoms with E-state index < -0.39 is 4.92 Å². The summed E-state index contributed by atoms with van der Waals surface area (Å²) >= 11 is 6.91. The molecule has 0 unspecified atom stereocenters. The second-order valence-electron chi connectivity index (χ2n) is 5.47. The van der Waals surface area contributed by atoms with Crippen molar-refractivity contribution in [3.63, 3.8) is 0 Å². The van der Waals surface area contributed by atoms with E-state index in [1.807, 2.05) is 31.2 Å². The minimum Gasteiger partial charge on any atom is -0.325 e. The zero-order valence-corrected chi connectivity index (χ0v) is 15.6. The first kappa shape index (κ1) is 18.8. The predicted octanol–water partition coefficient (Wildman–Crippen LogP) is 3.26. The van der Waals surface area contributed by atoms with Gasteiger partial charge in [0, 0.05) is 11.8 Å². The van der Waals surface area contributed by atoms with Gasteiger partial charge in [0.1, 0.15) is 5.02 Å². The Balaban J connectivity index is 1.66. The van der Waals surface area contributed by atoms with Gasteiger partial charge in [0.25, 0.3) is 5.69 Å². The SMILES string of the molecule is Cc1cccc(-n2nnnc2SCC(=O)Nc2ccc(Cl)c([N+](=O)[O-])c2)c1. The quantitative estimate of drug-likeness (QED) is 0.380. The van der Waals surface area contributed by atoms with Crippen molar-refractivity contribution < 1.29 is 9.72 Å². The Morgan fingerprint density at radius 1 is 1.33 bits per heavy atom. The van der Waals surface area contributed by atoms with Crippen molar-refractivity contribution in [2.75, 3.05) is 11.1 Å². The van der Waals surface area contributed by atoms with Gasteiger partial charge >= 0.3 is 0 Å². The molecular formula is C16H13ClN6O3S. The number of tetrazole rings is 1. The van der Waals surface area contributed by atoms with E-state index in [0.29, 0.717) is 5.16 Å². The fourth-order valence-corrected chi connectivity index (χ4v) is 3.13. The van der Waals surface area contributed by atoms with Gasteiger partial charge in [-0.05, 0) is 47.2 Å². The maximum atomic E-state index is 12.2. The Kier molecular flexibility index (Phi) is 5.67. The molecule has 0 radical (unpaired) electrons. The Hall–Kier alpha value is -2.98. The van der Waals surface area contributed by atoms with Gasteiger partial charge in [-0.2, -0.15) is 4.68 Å². The van der Waals surface area contributed by atoms with Crippen LogP contribution in [0.4, 0.5) is 11.4 Å². The average Bonchev–Trinajstić information content (AvgIpc) is 3.10. The van der Waals surface area contributed by atoms with Crippen molar-refractivity contribution >= 4 is 40.6 Å². The van der Waals surface area contributed by atoms with Crippen LogP contribution in [0.2, 0.25) is 5.02 Å².